The molecule has 0 amide bonds. The van der Waals surface area contributed by atoms with E-state index in [-0.39, 0.29) is 11.9 Å². The van der Waals surface area contributed by atoms with Gasteiger partial charge in [-0.25, -0.2) is 4.79 Å². The first-order valence-corrected chi connectivity index (χ1v) is 4.27. The van der Waals surface area contributed by atoms with Crippen molar-refractivity contribution >= 4 is 11.8 Å². The minimum absolute atomic E-state index is 0.0880. The molecule has 0 bridgehead atoms. The van der Waals surface area contributed by atoms with Gasteiger partial charge in [-0.3, -0.25) is 4.79 Å². The molecule has 0 saturated heterocycles. The number of hydrogen-bond donors (Lipinski definition) is 0. The van der Waals surface area contributed by atoms with Gasteiger partial charge in [0.1, 0.15) is 0 Å². The number of rotatable bonds is 0. The number of carbonyl (C=O) groups excluding carboxylic acids is 2. The molecular weight excluding hydrogens is 168 g/mol. The van der Waals surface area contributed by atoms with E-state index >= 15 is 0 Å². The van der Waals surface area contributed by atoms with Gasteiger partial charge >= 0.3 is 5.97 Å². The number of hydrogen-bond acceptors (Lipinski definition) is 3. The molecule has 0 unspecified atom stereocenters. The molecule has 3 nitrogen and oxygen atoms in total. The SMILES string of the molecule is C[C@@H]1CC/C=C/C(=O)/C=C\C(=O)O1. The van der Waals surface area contributed by atoms with Gasteiger partial charge < -0.3 is 4.74 Å². The molecule has 0 aromatic rings. The zero-order chi connectivity index (χ0) is 9.68. The van der Waals surface area contributed by atoms with E-state index in [0.717, 1.165) is 18.9 Å². The summed E-state index contributed by atoms with van der Waals surface area (Å²) in [6.45, 7) is 1.84. The molecule has 70 valence electrons. The van der Waals surface area contributed by atoms with Crippen molar-refractivity contribution in [2.45, 2.75) is 25.9 Å². The summed E-state index contributed by atoms with van der Waals surface area (Å²) in [5.41, 5.74) is 0. The lowest BCUT2D eigenvalue weighted by molar-refractivity contribution is -0.142. The van der Waals surface area contributed by atoms with Crippen LogP contribution in [-0.2, 0) is 14.3 Å². The molecule has 13 heavy (non-hydrogen) atoms. The maximum absolute atomic E-state index is 11.0. The van der Waals surface area contributed by atoms with Gasteiger partial charge in [-0.2, -0.15) is 0 Å². The first-order valence-electron chi connectivity index (χ1n) is 4.27. The Bertz CT molecular complexity index is 263. The van der Waals surface area contributed by atoms with E-state index in [1.165, 1.54) is 12.2 Å². The third-order valence-electron chi connectivity index (χ3n) is 1.72. The first kappa shape index (κ1) is 9.71. The Balaban J connectivity index is 2.67. The molecule has 1 aliphatic heterocycles. The van der Waals surface area contributed by atoms with Gasteiger partial charge in [-0.1, -0.05) is 6.08 Å². The predicted octanol–water partition coefficient (Wildman–Crippen LogP) is 1.39. The third kappa shape index (κ3) is 3.69. The highest BCUT2D eigenvalue weighted by Gasteiger charge is 2.07. The lowest BCUT2D eigenvalue weighted by atomic mass is 10.2. The van der Waals surface area contributed by atoms with E-state index in [0.29, 0.717) is 0 Å². The van der Waals surface area contributed by atoms with Gasteiger partial charge in [0.15, 0.2) is 5.78 Å². The fourth-order valence-corrected chi connectivity index (χ4v) is 1.03. The summed E-state index contributed by atoms with van der Waals surface area (Å²) in [6, 6.07) is 0. The average Bonchev–Trinajstić information content (AvgIpc) is 2.08. The van der Waals surface area contributed by atoms with Gasteiger partial charge in [-0.15, -0.1) is 0 Å². The molecular formula is C10H12O3. The Morgan fingerprint density at radius 1 is 1.31 bits per heavy atom. The summed E-state index contributed by atoms with van der Waals surface area (Å²) < 4.78 is 4.96. The van der Waals surface area contributed by atoms with E-state index in [1.807, 2.05) is 6.92 Å². The Morgan fingerprint density at radius 3 is 2.85 bits per heavy atom. The van der Waals surface area contributed by atoms with Gasteiger partial charge in [-0.05, 0) is 31.9 Å². The van der Waals surface area contributed by atoms with Crippen molar-refractivity contribution in [1.82, 2.24) is 0 Å². The van der Waals surface area contributed by atoms with Crippen LogP contribution >= 0.6 is 0 Å². The fourth-order valence-electron chi connectivity index (χ4n) is 1.03. The van der Waals surface area contributed by atoms with Gasteiger partial charge in [0.25, 0.3) is 0 Å². The second-order valence-electron chi connectivity index (χ2n) is 2.96. The van der Waals surface area contributed by atoms with Gasteiger partial charge in [0.2, 0.25) is 0 Å². The first-order chi connectivity index (χ1) is 6.18. The second kappa shape index (κ2) is 4.60. The Kier molecular flexibility index (Phi) is 3.43. The van der Waals surface area contributed by atoms with E-state index < -0.39 is 5.97 Å². The van der Waals surface area contributed by atoms with Crippen LogP contribution < -0.4 is 0 Å². The zero-order valence-corrected chi connectivity index (χ0v) is 7.53. The third-order valence-corrected chi connectivity index (χ3v) is 1.72. The maximum atomic E-state index is 11.0. The van der Waals surface area contributed by atoms with Crippen molar-refractivity contribution in [3.63, 3.8) is 0 Å². The highest BCUT2D eigenvalue weighted by Crippen LogP contribution is 2.04. The van der Waals surface area contributed by atoms with Crippen LogP contribution in [0.15, 0.2) is 24.3 Å². The summed E-state index contributed by atoms with van der Waals surface area (Å²) in [7, 11) is 0. The van der Waals surface area contributed by atoms with E-state index in [1.54, 1.807) is 6.08 Å². The van der Waals surface area contributed by atoms with E-state index in [9.17, 15) is 9.59 Å². The second-order valence-corrected chi connectivity index (χ2v) is 2.96. The molecule has 0 aromatic carbocycles. The quantitative estimate of drug-likeness (QED) is 0.529. The molecule has 3 heteroatoms. The maximum Gasteiger partial charge on any atom is 0.331 e. The topological polar surface area (TPSA) is 43.4 Å². The highest BCUT2D eigenvalue weighted by atomic mass is 16.5. The molecule has 0 fully saturated rings. The predicted molar refractivity (Wildman–Crippen MR) is 48.1 cm³/mol. The van der Waals surface area contributed by atoms with Crippen LogP contribution in [0.1, 0.15) is 19.8 Å². The molecule has 0 saturated carbocycles. The van der Waals surface area contributed by atoms with Crippen LogP contribution in [0.2, 0.25) is 0 Å². The molecule has 0 N–H and O–H groups in total. The normalized spacial score (nSPS) is 29.2. The summed E-state index contributed by atoms with van der Waals surface area (Å²) in [5.74, 6) is -0.623. The van der Waals surface area contributed by atoms with Crippen molar-refractivity contribution < 1.29 is 14.3 Å². The van der Waals surface area contributed by atoms with Crippen LogP contribution in [0.25, 0.3) is 0 Å². The van der Waals surface area contributed by atoms with Crippen molar-refractivity contribution in [3.05, 3.63) is 24.3 Å². The molecule has 1 aliphatic rings. The number of ketones is 1. The van der Waals surface area contributed by atoms with Crippen LogP contribution in [-0.4, -0.2) is 17.9 Å². The Morgan fingerprint density at radius 2 is 2.08 bits per heavy atom. The molecule has 1 heterocycles. The molecule has 0 spiro atoms. The highest BCUT2D eigenvalue weighted by molar-refractivity contribution is 6.02. The average molecular weight is 180 g/mol. The van der Waals surface area contributed by atoms with Crippen LogP contribution in [0.3, 0.4) is 0 Å². The minimum atomic E-state index is -0.448. The number of ether oxygens (including phenoxy) is 1. The lowest BCUT2D eigenvalue weighted by Gasteiger charge is -2.10. The van der Waals surface area contributed by atoms with Gasteiger partial charge in [0.05, 0.1) is 6.10 Å². The van der Waals surface area contributed by atoms with Crippen molar-refractivity contribution in [2.24, 2.45) is 0 Å². The summed E-state index contributed by atoms with van der Waals surface area (Å²) in [6.07, 6.45) is 7.07. The molecule has 0 radical (unpaired) electrons. The minimum Gasteiger partial charge on any atom is -0.460 e. The molecule has 0 aromatic heterocycles. The number of cyclic esters (lactones) is 1. The standard InChI is InChI=1S/C10H12O3/c1-8-4-2-3-5-9(11)6-7-10(12)13-8/h3,5-8H,2,4H2,1H3/b5-3+,7-6-/t8-/m1/s1. The lowest BCUT2D eigenvalue weighted by Crippen LogP contribution is -2.13. The van der Waals surface area contributed by atoms with Crippen LogP contribution in [0.5, 0.6) is 0 Å². The monoisotopic (exact) mass is 180 g/mol. The fraction of sp³-hybridized carbons (Fsp3) is 0.400. The Labute approximate surface area is 77.1 Å². The molecule has 0 aliphatic carbocycles. The van der Waals surface area contributed by atoms with Crippen LogP contribution in [0, 0.1) is 0 Å². The van der Waals surface area contributed by atoms with Crippen molar-refractivity contribution in [1.29, 1.82) is 0 Å². The number of esters is 1. The summed E-state index contributed by atoms with van der Waals surface area (Å²) >= 11 is 0. The molecule has 1 rings (SSSR count). The van der Waals surface area contributed by atoms with Crippen LogP contribution in [0.4, 0.5) is 0 Å². The largest absolute Gasteiger partial charge is 0.460 e. The van der Waals surface area contributed by atoms with Gasteiger partial charge in [0, 0.05) is 6.08 Å². The summed E-state index contributed by atoms with van der Waals surface area (Å²) in [5, 5.41) is 0. The number of carbonyl (C=O) groups is 2. The molecule has 1 atom stereocenters. The smallest absolute Gasteiger partial charge is 0.331 e. The van der Waals surface area contributed by atoms with E-state index in [4.69, 9.17) is 4.74 Å². The van der Waals surface area contributed by atoms with E-state index in [2.05, 4.69) is 0 Å². The zero-order valence-electron chi connectivity index (χ0n) is 7.53. The van der Waals surface area contributed by atoms with Crippen molar-refractivity contribution in [3.8, 4) is 0 Å². The van der Waals surface area contributed by atoms with Crippen molar-refractivity contribution in [2.75, 3.05) is 0 Å². The number of allylic oxidation sites excluding steroid dienone is 3. The summed E-state index contributed by atoms with van der Waals surface area (Å²) in [4.78, 5) is 21.9. The Hall–Kier alpha value is -1.38.